The number of ether oxygens (including phenoxy) is 2. The Bertz CT molecular complexity index is 1020. The van der Waals surface area contributed by atoms with Crippen LogP contribution < -0.4 is 20.2 Å². The molecular formula is C22H24N6O4. The predicted molar refractivity (Wildman–Crippen MR) is 119 cm³/mol. The predicted octanol–water partition coefficient (Wildman–Crippen LogP) is 1.25. The number of fused-ring (bicyclic) bond motifs is 1. The molecule has 10 heteroatoms. The monoisotopic (exact) mass is 436 g/mol. The maximum atomic E-state index is 12.6. The number of amides is 3. The lowest BCUT2D eigenvalue weighted by molar-refractivity contribution is -0.127. The number of rotatable bonds is 7. The molecule has 1 fully saturated rings. The molecule has 0 spiro atoms. The molecular weight excluding hydrogens is 412 g/mol. The van der Waals surface area contributed by atoms with Gasteiger partial charge in [-0.2, -0.15) is 5.10 Å². The van der Waals surface area contributed by atoms with Crippen molar-refractivity contribution >= 4 is 24.1 Å². The Kier molecular flexibility index (Phi) is 6.20. The van der Waals surface area contributed by atoms with E-state index in [0.29, 0.717) is 19.1 Å². The molecule has 0 bridgehead atoms. The molecule has 2 aliphatic rings. The Morgan fingerprint density at radius 2 is 1.88 bits per heavy atom. The number of benzene rings is 2. The Hall–Kier alpha value is -4.08. The molecule has 2 aromatic rings. The number of likely N-dealkylation sites (N-methyl/N-ethyl adjacent to an activating group) is 1. The first-order valence-electron chi connectivity index (χ1n) is 10.1. The van der Waals surface area contributed by atoms with Crippen molar-refractivity contribution in [2.45, 2.75) is 12.2 Å². The Balaban J connectivity index is 1.47. The van der Waals surface area contributed by atoms with Crippen LogP contribution >= 0.6 is 0 Å². The van der Waals surface area contributed by atoms with Crippen molar-refractivity contribution in [1.29, 1.82) is 0 Å². The second kappa shape index (κ2) is 9.38. The van der Waals surface area contributed by atoms with Crippen molar-refractivity contribution in [2.24, 2.45) is 10.1 Å². The van der Waals surface area contributed by atoms with Crippen LogP contribution in [0.1, 0.15) is 5.56 Å². The van der Waals surface area contributed by atoms with Gasteiger partial charge in [0.05, 0.1) is 19.9 Å². The van der Waals surface area contributed by atoms with E-state index in [0.717, 1.165) is 17.1 Å². The highest BCUT2D eigenvalue weighted by molar-refractivity contribution is 6.03. The van der Waals surface area contributed by atoms with Gasteiger partial charge in [0.2, 0.25) is 5.96 Å². The van der Waals surface area contributed by atoms with Crippen LogP contribution in [0.5, 0.6) is 11.5 Å². The maximum Gasteiger partial charge on any atom is 0.325 e. The van der Waals surface area contributed by atoms with E-state index in [1.54, 1.807) is 25.3 Å². The van der Waals surface area contributed by atoms with Gasteiger partial charge in [0.1, 0.15) is 18.1 Å². The van der Waals surface area contributed by atoms with Gasteiger partial charge in [0, 0.05) is 7.05 Å². The van der Waals surface area contributed by atoms with E-state index in [2.05, 4.69) is 20.8 Å². The number of carbonyl (C=O) groups is 2. The van der Waals surface area contributed by atoms with Crippen LogP contribution in [0, 0.1) is 0 Å². The third-order valence-electron chi connectivity index (χ3n) is 5.20. The SMILES string of the molecule is COc1ccc(/C=N/NC2=NC3C(C(=O)NC(=O)N3C)N2CCOc2ccccc2)cc1. The van der Waals surface area contributed by atoms with E-state index in [1.807, 2.05) is 54.6 Å². The number of para-hydroxylation sites is 1. The number of nitrogens with zero attached hydrogens (tertiary/aromatic N) is 4. The summed E-state index contributed by atoms with van der Waals surface area (Å²) in [4.78, 5) is 32.3. The molecule has 2 atom stereocenters. The van der Waals surface area contributed by atoms with Crippen LogP contribution in [0.3, 0.4) is 0 Å². The molecule has 2 unspecified atom stereocenters. The summed E-state index contributed by atoms with van der Waals surface area (Å²) in [5.74, 6) is 1.46. The lowest BCUT2D eigenvalue weighted by Gasteiger charge is -2.35. The lowest BCUT2D eigenvalue weighted by atomic mass is 10.1. The molecule has 0 saturated carbocycles. The molecule has 166 valence electrons. The molecule has 32 heavy (non-hydrogen) atoms. The van der Waals surface area contributed by atoms with Gasteiger partial charge >= 0.3 is 6.03 Å². The van der Waals surface area contributed by atoms with Crippen molar-refractivity contribution in [1.82, 2.24) is 20.5 Å². The van der Waals surface area contributed by atoms with E-state index in [-0.39, 0.29) is 0 Å². The number of imide groups is 1. The van der Waals surface area contributed by atoms with Gasteiger partial charge in [-0.05, 0) is 42.0 Å². The number of hydrazone groups is 1. The topological polar surface area (TPSA) is 108 Å². The molecule has 10 nitrogen and oxygen atoms in total. The smallest absolute Gasteiger partial charge is 0.325 e. The van der Waals surface area contributed by atoms with Crippen molar-refractivity contribution in [3.8, 4) is 11.5 Å². The van der Waals surface area contributed by atoms with E-state index < -0.39 is 24.1 Å². The highest BCUT2D eigenvalue weighted by atomic mass is 16.5. The van der Waals surface area contributed by atoms with Gasteiger partial charge < -0.3 is 19.3 Å². The third-order valence-corrected chi connectivity index (χ3v) is 5.20. The number of guanidine groups is 1. The summed E-state index contributed by atoms with van der Waals surface area (Å²) >= 11 is 0. The summed E-state index contributed by atoms with van der Waals surface area (Å²) in [5.41, 5.74) is 3.77. The zero-order valence-corrected chi connectivity index (χ0v) is 17.8. The zero-order chi connectivity index (χ0) is 22.5. The van der Waals surface area contributed by atoms with Gasteiger partial charge in [-0.1, -0.05) is 18.2 Å². The van der Waals surface area contributed by atoms with Gasteiger partial charge in [-0.15, -0.1) is 0 Å². The van der Waals surface area contributed by atoms with Crippen molar-refractivity contribution < 1.29 is 19.1 Å². The minimum absolute atomic E-state index is 0.321. The molecule has 0 aromatic heterocycles. The van der Waals surface area contributed by atoms with Gasteiger partial charge in [-0.3, -0.25) is 10.1 Å². The lowest BCUT2D eigenvalue weighted by Crippen LogP contribution is -2.64. The standard InChI is InChI=1S/C22H24N6O4/c1-27-19-18(20(29)25-22(27)30)28(12-13-32-17-6-4-3-5-7-17)21(24-19)26-23-14-15-8-10-16(31-2)11-9-15/h3-11,14,18-19H,12-13H2,1-2H3,(H,24,26)(H,25,29,30)/b23-14+. The van der Waals surface area contributed by atoms with Crippen molar-refractivity contribution in [3.63, 3.8) is 0 Å². The molecule has 1 saturated heterocycles. The third kappa shape index (κ3) is 4.48. The number of aliphatic imine (C=N–C) groups is 1. The second-order valence-corrected chi connectivity index (χ2v) is 7.21. The molecule has 2 aliphatic heterocycles. The molecule has 2 N–H and O–H groups in total. The first kappa shape index (κ1) is 21.2. The summed E-state index contributed by atoms with van der Waals surface area (Å²) in [6.45, 7) is 0.691. The minimum atomic E-state index is -0.671. The molecule has 0 radical (unpaired) electrons. The van der Waals surface area contributed by atoms with Crippen LogP contribution in [0.25, 0.3) is 0 Å². The average Bonchev–Trinajstić information content (AvgIpc) is 3.18. The minimum Gasteiger partial charge on any atom is -0.497 e. The number of urea groups is 1. The zero-order valence-electron chi connectivity index (χ0n) is 17.8. The van der Waals surface area contributed by atoms with Crippen molar-refractivity contribution in [3.05, 3.63) is 60.2 Å². The normalized spacial score (nSPS) is 20.1. The summed E-state index contributed by atoms with van der Waals surface area (Å²) in [6.07, 6.45) is 0.990. The van der Waals surface area contributed by atoms with Crippen molar-refractivity contribution in [2.75, 3.05) is 27.3 Å². The van der Waals surface area contributed by atoms with E-state index >= 15 is 0 Å². The summed E-state index contributed by atoms with van der Waals surface area (Å²) in [6, 6.07) is 15.7. The number of nitrogens with one attached hydrogen (secondary N) is 2. The summed E-state index contributed by atoms with van der Waals surface area (Å²) in [5, 5.41) is 6.62. The molecule has 2 heterocycles. The number of hydrogen-bond donors (Lipinski definition) is 2. The number of methoxy groups -OCH3 is 1. The Morgan fingerprint density at radius 3 is 2.59 bits per heavy atom. The quantitative estimate of drug-likeness (QED) is 0.500. The molecule has 3 amide bonds. The number of hydrogen-bond acceptors (Lipinski definition) is 8. The highest BCUT2D eigenvalue weighted by Gasteiger charge is 2.48. The van der Waals surface area contributed by atoms with Gasteiger partial charge in [0.25, 0.3) is 5.91 Å². The van der Waals surface area contributed by atoms with Crippen LogP contribution in [-0.2, 0) is 4.79 Å². The van der Waals surface area contributed by atoms with Gasteiger partial charge in [-0.25, -0.2) is 15.2 Å². The Labute approximate surface area is 185 Å². The van der Waals surface area contributed by atoms with Crippen LogP contribution in [0.2, 0.25) is 0 Å². The van der Waals surface area contributed by atoms with Crippen LogP contribution in [-0.4, -0.2) is 73.4 Å². The van der Waals surface area contributed by atoms with Gasteiger partial charge in [0.15, 0.2) is 12.2 Å². The average molecular weight is 436 g/mol. The first-order valence-corrected chi connectivity index (χ1v) is 10.1. The summed E-state index contributed by atoms with van der Waals surface area (Å²) < 4.78 is 10.9. The van der Waals surface area contributed by atoms with E-state index in [4.69, 9.17) is 9.47 Å². The largest absolute Gasteiger partial charge is 0.497 e. The fraction of sp³-hybridized carbons (Fsp3) is 0.273. The highest BCUT2D eigenvalue weighted by Crippen LogP contribution is 2.23. The first-order chi connectivity index (χ1) is 15.6. The fourth-order valence-corrected chi connectivity index (χ4v) is 3.50. The number of carbonyl (C=O) groups excluding carboxylic acids is 2. The Morgan fingerprint density at radius 1 is 1.12 bits per heavy atom. The second-order valence-electron chi connectivity index (χ2n) is 7.21. The van der Waals surface area contributed by atoms with E-state index in [9.17, 15) is 9.59 Å². The maximum absolute atomic E-state index is 12.6. The van der Waals surface area contributed by atoms with Crippen LogP contribution in [0.4, 0.5) is 4.79 Å². The molecule has 2 aromatic carbocycles. The summed E-state index contributed by atoms with van der Waals surface area (Å²) in [7, 11) is 3.21. The van der Waals surface area contributed by atoms with E-state index in [1.165, 1.54) is 4.90 Å². The fourth-order valence-electron chi connectivity index (χ4n) is 3.50. The molecule has 4 rings (SSSR count). The van der Waals surface area contributed by atoms with Crippen LogP contribution in [0.15, 0.2) is 64.7 Å². The molecule has 0 aliphatic carbocycles.